The van der Waals surface area contributed by atoms with Gasteiger partial charge in [0.1, 0.15) is 16.9 Å². The molecule has 3 rings (SSSR count). The van der Waals surface area contributed by atoms with Crippen molar-refractivity contribution in [1.82, 2.24) is 4.90 Å². The largest absolute Gasteiger partial charge is 0.497 e. The maximum Gasteiger partial charge on any atom is 0.240 e. The number of anilines is 1. The zero-order chi connectivity index (χ0) is 21.0. The van der Waals surface area contributed by atoms with E-state index in [0.717, 1.165) is 5.56 Å². The second-order valence-electron chi connectivity index (χ2n) is 7.61. The Morgan fingerprint density at radius 2 is 1.76 bits per heavy atom. The van der Waals surface area contributed by atoms with Crippen LogP contribution in [0.4, 0.5) is 5.69 Å². The zero-order valence-corrected chi connectivity index (χ0v) is 17.4. The van der Waals surface area contributed by atoms with Gasteiger partial charge in [0.15, 0.2) is 0 Å². The van der Waals surface area contributed by atoms with Crippen molar-refractivity contribution in [1.29, 1.82) is 0 Å². The summed E-state index contributed by atoms with van der Waals surface area (Å²) in [7, 11) is 3.10. The molecule has 154 valence electrons. The summed E-state index contributed by atoms with van der Waals surface area (Å²) in [6.07, 6.45) is 1.10. The van der Waals surface area contributed by atoms with Crippen LogP contribution in [0.1, 0.15) is 32.3 Å². The molecular formula is C23H28N2O4. The standard InChI is InChI=1S/C23H28N2O4/c1-16(2)25(15-17-8-6-5-7-9-17)22(27)23(12-13-23)21(26)24-19-11-10-18(28-3)14-20(19)29-4/h5-11,14,16H,12-13,15H2,1-4H3,(H,24,26). The van der Waals surface area contributed by atoms with Gasteiger partial charge in [-0.2, -0.15) is 0 Å². The van der Waals surface area contributed by atoms with Gasteiger partial charge in [-0.15, -0.1) is 0 Å². The van der Waals surface area contributed by atoms with Crippen LogP contribution in [0.15, 0.2) is 48.5 Å². The molecule has 1 saturated carbocycles. The number of carbonyl (C=O) groups excluding carboxylic acids is 2. The monoisotopic (exact) mass is 396 g/mol. The number of amides is 2. The molecule has 6 nitrogen and oxygen atoms in total. The highest BCUT2D eigenvalue weighted by Gasteiger charge is 2.58. The Kier molecular flexibility index (Phi) is 6.11. The molecule has 0 spiro atoms. The van der Waals surface area contributed by atoms with Crippen molar-refractivity contribution in [3.05, 3.63) is 54.1 Å². The summed E-state index contributed by atoms with van der Waals surface area (Å²) < 4.78 is 10.6. The van der Waals surface area contributed by atoms with Crippen molar-refractivity contribution >= 4 is 17.5 Å². The lowest BCUT2D eigenvalue weighted by molar-refractivity contribution is -0.144. The first-order valence-electron chi connectivity index (χ1n) is 9.80. The van der Waals surface area contributed by atoms with Crippen molar-refractivity contribution in [2.45, 2.75) is 39.3 Å². The van der Waals surface area contributed by atoms with Gasteiger partial charge in [-0.25, -0.2) is 0 Å². The van der Waals surface area contributed by atoms with E-state index in [1.54, 1.807) is 30.2 Å². The highest BCUT2D eigenvalue weighted by atomic mass is 16.5. The maximum absolute atomic E-state index is 13.4. The summed E-state index contributed by atoms with van der Waals surface area (Å²) in [6, 6.07) is 15.0. The number of nitrogens with one attached hydrogen (secondary N) is 1. The molecule has 1 fully saturated rings. The van der Waals surface area contributed by atoms with Crippen LogP contribution in [0.3, 0.4) is 0 Å². The summed E-state index contributed by atoms with van der Waals surface area (Å²) in [5.41, 5.74) is 0.559. The summed E-state index contributed by atoms with van der Waals surface area (Å²) in [5, 5.41) is 2.89. The number of ether oxygens (including phenoxy) is 2. The summed E-state index contributed by atoms with van der Waals surface area (Å²) >= 11 is 0. The van der Waals surface area contributed by atoms with Crippen molar-refractivity contribution in [3.8, 4) is 11.5 Å². The third-order valence-electron chi connectivity index (χ3n) is 5.33. The number of hydrogen-bond acceptors (Lipinski definition) is 4. The molecule has 0 atom stereocenters. The number of methoxy groups -OCH3 is 2. The molecule has 0 radical (unpaired) electrons. The average molecular weight is 396 g/mol. The molecule has 6 heteroatoms. The van der Waals surface area contributed by atoms with Gasteiger partial charge in [-0.3, -0.25) is 9.59 Å². The average Bonchev–Trinajstić information content (AvgIpc) is 3.54. The van der Waals surface area contributed by atoms with Gasteiger partial charge in [0.2, 0.25) is 11.8 Å². The van der Waals surface area contributed by atoms with E-state index < -0.39 is 5.41 Å². The first-order chi connectivity index (χ1) is 13.9. The quantitative estimate of drug-likeness (QED) is 0.688. The van der Waals surface area contributed by atoms with Crippen molar-refractivity contribution in [3.63, 3.8) is 0 Å². The van der Waals surface area contributed by atoms with Gasteiger partial charge >= 0.3 is 0 Å². The molecule has 0 saturated heterocycles. The Morgan fingerprint density at radius 3 is 2.31 bits per heavy atom. The van der Waals surface area contributed by atoms with Gasteiger partial charge in [-0.1, -0.05) is 30.3 Å². The van der Waals surface area contributed by atoms with E-state index in [1.165, 1.54) is 7.11 Å². The fourth-order valence-electron chi connectivity index (χ4n) is 3.35. The second kappa shape index (κ2) is 8.55. The number of nitrogens with zero attached hydrogens (tertiary/aromatic N) is 1. The third-order valence-corrected chi connectivity index (χ3v) is 5.33. The number of benzene rings is 2. The molecule has 0 heterocycles. The lowest BCUT2D eigenvalue weighted by Crippen LogP contribution is -2.45. The van der Waals surface area contributed by atoms with E-state index in [4.69, 9.17) is 9.47 Å². The Balaban J connectivity index is 1.78. The van der Waals surface area contributed by atoms with Crippen LogP contribution in [-0.4, -0.2) is 37.0 Å². The highest BCUT2D eigenvalue weighted by molar-refractivity contribution is 6.13. The van der Waals surface area contributed by atoms with E-state index in [1.807, 2.05) is 44.2 Å². The van der Waals surface area contributed by atoms with Gasteiger partial charge < -0.3 is 19.7 Å². The molecule has 2 aromatic carbocycles. The lowest BCUT2D eigenvalue weighted by Gasteiger charge is -2.30. The molecule has 0 aliphatic heterocycles. The highest BCUT2D eigenvalue weighted by Crippen LogP contribution is 2.49. The van der Waals surface area contributed by atoms with Gasteiger partial charge in [-0.05, 0) is 44.4 Å². The van der Waals surface area contributed by atoms with Gasteiger partial charge in [0.05, 0.1) is 19.9 Å². The smallest absolute Gasteiger partial charge is 0.240 e. The minimum atomic E-state index is -1.01. The fraction of sp³-hybridized carbons (Fsp3) is 0.391. The van der Waals surface area contributed by atoms with E-state index in [0.29, 0.717) is 36.6 Å². The molecule has 29 heavy (non-hydrogen) atoms. The Morgan fingerprint density at radius 1 is 1.07 bits per heavy atom. The molecule has 1 N–H and O–H groups in total. The minimum Gasteiger partial charge on any atom is -0.497 e. The summed E-state index contributed by atoms with van der Waals surface area (Å²) in [4.78, 5) is 28.3. The Bertz CT molecular complexity index is 876. The molecule has 1 aliphatic carbocycles. The van der Waals surface area contributed by atoms with Gasteiger partial charge in [0.25, 0.3) is 0 Å². The lowest BCUT2D eigenvalue weighted by atomic mass is 10.0. The first kappa shape index (κ1) is 20.7. The maximum atomic E-state index is 13.4. The summed E-state index contributed by atoms with van der Waals surface area (Å²) in [6.45, 7) is 4.43. The van der Waals surface area contributed by atoms with Crippen LogP contribution < -0.4 is 14.8 Å². The van der Waals surface area contributed by atoms with E-state index in [9.17, 15) is 9.59 Å². The number of carbonyl (C=O) groups is 2. The van der Waals surface area contributed by atoms with Crippen molar-refractivity contribution in [2.75, 3.05) is 19.5 Å². The molecule has 1 aliphatic rings. The van der Waals surface area contributed by atoms with Crippen molar-refractivity contribution < 1.29 is 19.1 Å². The SMILES string of the molecule is COc1ccc(NC(=O)C2(C(=O)N(Cc3ccccc3)C(C)C)CC2)c(OC)c1. The molecule has 2 amide bonds. The van der Waals surface area contributed by atoms with E-state index in [2.05, 4.69) is 5.32 Å². The fourth-order valence-corrected chi connectivity index (χ4v) is 3.35. The first-order valence-corrected chi connectivity index (χ1v) is 9.80. The number of hydrogen-bond donors (Lipinski definition) is 1. The van der Waals surface area contributed by atoms with Crippen LogP contribution in [0.2, 0.25) is 0 Å². The predicted molar refractivity (Wildman–Crippen MR) is 112 cm³/mol. The van der Waals surface area contributed by atoms with Crippen LogP contribution in [0.25, 0.3) is 0 Å². The summed E-state index contributed by atoms with van der Waals surface area (Å²) in [5.74, 6) is 0.711. The Labute approximate surface area is 171 Å². The molecule has 0 bridgehead atoms. The second-order valence-corrected chi connectivity index (χ2v) is 7.61. The zero-order valence-electron chi connectivity index (χ0n) is 17.4. The van der Waals surface area contributed by atoms with E-state index in [-0.39, 0.29) is 17.9 Å². The van der Waals surface area contributed by atoms with Crippen LogP contribution >= 0.6 is 0 Å². The molecule has 0 aromatic heterocycles. The van der Waals surface area contributed by atoms with Crippen LogP contribution in [-0.2, 0) is 16.1 Å². The third kappa shape index (κ3) is 4.36. The molecule has 0 unspecified atom stereocenters. The molecular weight excluding hydrogens is 368 g/mol. The van der Waals surface area contributed by atoms with Crippen LogP contribution in [0.5, 0.6) is 11.5 Å². The van der Waals surface area contributed by atoms with E-state index >= 15 is 0 Å². The predicted octanol–water partition coefficient (Wildman–Crippen LogP) is 3.86. The Hall–Kier alpha value is -3.02. The number of rotatable bonds is 8. The minimum absolute atomic E-state index is 0.0106. The van der Waals surface area contributed by atoms with Gasteiger partial charge in [0, 0.05) is 18.7 Å². The molecule has 2 aromatic rings. The topological polar surface area (TPSA) is 67.9 Å². The van der Waals surface area contributed by atoms with Crippen molar-refractivity contribution in [2.24, 2.45) is 5.41 Å². The van der Waals surface area contributed by atoms with Crippen LogP contribution in [0, 0.1) is 5.41 Å². The normalized spacial score (nSPS) is 14.2.